The van der Waals surface area contributed by atoms with E-state index in [9.17, 15) is 9.59 Å². The molecule has 1 rings (SSSR count). The molecule has 0 spiro atoms. The molecule has 0 aromatic heterocycles. The summed E-state index contributed by atoms with van der Waals surface area (Å²) >= 11 is 0. The number of hydrogen-bond donors (Lipinski definition) is 2. The third-order valence-corrected chi connectivity index (χ3v) is 4.41. The number of amides is 2. The lowest BCUT2D eigenvalue weighted by molar-refractivity contribution is -0.139. The monoisotopic (exact) mass is 352 g/mol. The van der Waals surface area contributed by atoms with E-state index in [4.69, 9.17) is 5.11 Å². The number of hydrogen-bond acceptors (Lipinski definition) is 4. The van der Waals surface area contributed by atoms with Gasteiger partial charge in [0.1, 0.15) is 0 Å². The number of likely N-dealkylation sites (tertiary alicyclic amines) is 1. The second-order valence-corrected chi connectivity index (χ2v) is 9.29. The van der Waals surface area contributed by atoms with Crippen molar-refractivity contribution in [3.63, 3.8) is 0 Å². The molecule has 25 heavy (non-hydrogen) atoms. The Morgan fingerprint density at radius 2 is 1.88 bits per heavy atom. The van der Waals surface area contributed by atoms with Gasteiger partial charge in [-0.25, -0.2) is 0 Å². The van der Waals surface area contributed by atoms with E-state index in [1.54, 1.807) is 0 Å². The summed E-state index contributed by atoms with van der Waals surface area (Å²) in [7, 11) is 0. The second kappa shape index (κ2) is 8.95. The maximum atomic E-state index is 12.5. The van der Waals surface area contributed by atoms with E-state index < -0.39 is 0 Å². The molecule has 1 saturated heterocycles. The Balaban J connectivity index is 2.52. The summed E-state index contributed by atoms with van der Waals surface area (Å²) in [6, 6.07) is 0. The summed E-state index contributed by atoms with van der Waals surface area (Å²) in [5.74, 6) is -0.434. The number of aliphatic hydroxyl groups excluding tert-OH is 1. The molecule has 1 aliphatic rings. The summed E-state index contributed by atoms with van der Waals surface area (Å²) in [5.41, 5.74) is 1.44. The van der Waals surface area contributed by atoms with Crippen LogP contribution in [0.3, 0.4) is 0 Å². The molecule has 2 N–H and O–H groups in total. The van der Waals surface area contributed by atoms with Gasteiger partial charge in [-0.1, -0.05) is 46.8 Å². The number of nitrogens with one attached hydrogen (secondary N) is 1. The van der Waals surface area contributed by atoms with Crippen LogP contribution in [0.4, 0.5) is 0 Å². The molecule has 0 aromatic carbocycles. The van der Waals surface area contributed by atoms with Gasteiger partial charge < -0.3 is 10.4 Å². The van der Waals surface area contributed by atoms with E-state index in [1.807, 2.05) is 0 Å². The van der Waals surface area contributed by atoms with Crippen molar-refractivity contribution >= 4 is 11.8 Å². The molecule has 0 bridgehead atoms. The summed E-state index contributed by atoms with van der Waals surface area (Å²) in [6.07, 6.45) is 2.84. The van der Waals surface area contributed by atoms with Crippen molar-refractivity contribution in [1.29, 1.82) is 0 Å². The fourth-order valence-corrected chi connectivity index (χ4v) is 4.14. The molecule has 1 unspecified atom stereocenters. The standard InChI is InChI=1S/C20H36N2O3/c1-15(13-20(5,6)14-19(2,3)4)11-16-12-17(24)22(18(16)25)9-7-21-8-10-23/h16,21,23H,1,7-14H2,2-6H3. The van der Waals surface area contributed by atoms with Crippen LogP contribution in [0.1, 0.15) is 60.3 Å². The fraction of sp³-hybridized carbons (Fsp3) is 0.800. The van der Waals surface area contributed by atoms with Gasteiger partial charge in [0.05, 0.1) is 12.5 Å². The van der Waals surface area contributed by atoms with Gasteiger partial charge in [-0.05, 0) is 30.1 Å². The van der Waals surface area contributed by atoms with E-state index >= 15 is 0 Å². The van der Waals surface area contributed by atoms with Gasteiger partial charge >= 0.3 is 0 Å². The van der Waals surface area contributed by atoms with Crippen LogP contribution in [0.25, 0.3) is 0 Å². The number of aliphatic hydroxyl groups is 1. The number of imide groups is 1. The van der Waals surface area contributed by atoms with E-state index in [0.717, 1.165) is 18.4 Å². The molecule has 1 atom stereocenters. The highest BCUT2D eigenvalue weighted by molar-refractivity contribution is 6.03. The fourth-order valence-electron chi connectivity index (χ4n) is 4.14. The predicted octanol–water partition coefficient (Wildman–Crippen LogP) is 2.74. The third kappa shape index (κ3) is 7.70. The molecule has 144 valence electrons. The lowest BCUT2D eigenvalue weighted by Gasteiger charge is -2.33. The molecule has 0 aliphatic carbocycles. The quantitative estimate of drug-likeness (QED) is 0.360. The molecular formula is C20H36N2O3. The minimum absolute atomic E-state index is 0.0503. The molecule has 0 aromatic rings. The second-order valence-electron chi connectivity index (χ2n) is 9.29. The van der Waals surface area contributed by atoms with Crippen molar-refractivity contribution in [2.75, 3.05) is 26.2 Å². The first-order chi connectivity index (χ1) is 11.4. The first-order valence-electron chi connectivity index (χ1n) is 9.28. The largest absolute Gasteiger partial charge is 0.395 e. The van der Waals surface area contributed by atoms with E-state index in [2.05, 4.69) is 46.5 Å². The molecule has 2 amide bonds. The van der Waals surface area contributed by atoms with Gasteiger partial charge in [0.15, 0.2) is 0 Å². The molecule has 1 aliphatic heterocycles. The normalized spacial score (nSPS) is 19.0. The number of carbonyl (C=O) groups is 2. The zero-order valence-electron chi connectivity index (χ0n) is 16.7. The van der Waals surface area contributed by atoms with Crippen LogP contribution < -0.4 is 5.32 Å². The molecular weight excluding hydrogens is 316 g/mol. The summed E-state index contributed by atoms with van der Waals surface area (Å²) in [5, 5.41) is 11.7. The summed E-state index contributed by atoms with van der Waals surface area (Å²) in [6.45, 7) is 16.8. The van der Waals surface area contributed by atoms with E-state index in [1.165, 1.54) is 4.90 Å². The van der Waals surface area contributed by atoms with E-state index in [-0.39, 0.29) is 41.6 Å². The van der Waals surface area contributed by atoms with E-state index in [0.29, 0.717) is 26.1 Å². The molecule has 0 radical (unpaired) electrons. The Morgan fingerprint density at radius 1 is 1.24 bits per heavy atom. The Morgan fingerprint density at radius 3 is 2.44 bits per heavy atom. The van der Waals surface area contributed by atoms with Crippen LogP contribution in [-0.2, 0) is 9.59 Å². The smallest absolute Gasteiger partial charge is 0.233 e. The summed E-state index contributed by atoms with van der Waals surface area (Å²) < 4.78 is 0. The lowest BCUT2D eigenvalue weighted by atomic mass is 9.72. The van der Waals surface area contributed by atoms with Crippen LogP contribution in [0, 0.1) is 16.7 Å². The minimum Gasteiger partial charge on any atom is -0.395 e. The third-order valence-electron chi connectivity index (χ3n) is 4.41. The lowest BCUT2D eigenvalue weighted by Crippen LogP contribution is -2.37. The maximum absolute atomic E-state index is 12.5. The van der Waals surface area contributed by atoms with Crippen molar-refractivity contribution < 1.29 is 14.7 Å². The Kier molecular flexibility index (Phi) is 7.82. The average Bonchev–Trinajstić information content (AvgIpc) is 2.66. The summed E-state index contributed by atoms with van der Waals surface area (Å²) in [4.78, 5) is 26.0. The zero-order valence-corrected chi connectivity index (χ0v) is 16.7. The van der Waals surface area contributed by atoms with Crippen molar-refractivity contribution in [2.45, 2.75) is 60.3 Å². The highest BCUT2D eigenvalue weighted by atomic mass is 16.3. The van der Waals surface area contributed by atoms with Gasteiger partial charge in [0.25, 0.3) is 0 Å². The molecule has 1 heterocycles. The number of nitrogens with zero attached hydrogens (tertiary/aromatic N) is 1. The maximum Gasteiger partial charge on any atom is 0.233 e. The minimum atomic E-state index is -0.261. The topological polar surface area (TPSA) is 69.6 Å². The van der Waals surface area contributed by atoms with Crippen LogP contribution in [-0.4, -0.2) is 48.1 Å². The van der Waals surface area contributed by atoms with Crippen molar-refractivity contribution in [2.24, 2.45) is 16.7 Å². The first kappa shape index (κ1) is 21.8. The SMILES string of the molecule is C=C(CC1CC(=O)N(CCNCCO)C1=O)CC(C)(C)CC(C)(C)C. The number of allylic oxidation sites excluding steroid dienone is 1. The molecule has 1 fully saturated rings. The highest BCUT2D eigenvalue weighted by Gasteiger charge is 2.38. The van der Waals surface area contributed by atoms with Crippen molar-refractivity contribution in [3.8, 4) is 0 Å². The van der Waals surface area contributed by atoms with Crippen LogP contribution in [0.15, 0.2) is 12.2 Å². The van der Waals surface area contributed by atoms with Crippen molar-refractivity contribution in [1.82, 2.24) is 10.2 Å². The van der Waals surface area contributed by atoms with Gasteiger partial charge in [0, 0.05) is 26.1 Å². The zero-order chi connectivity index (χ0) is 19.3. The number of rotatable bonds is 10. The van der Waals surface area contributed by atoms with Gasteiger partial charge in [0.2, 0.25) is 11.8 Å². The first-order valence-corrected chi connectivity index (χ1v) is 9.28. The van der Waals surface area contributed by atoms with Gasteiger partial charge in [-0.2, -0.15) is 0 Å². The van der Waals surface area contributed by atoms with Gasteiger partial charge in [-0.15, -0.1) is 0 Å². The average molecular weight is 353 g/mol. The van der Waals surface area contributed by atoms with Crippen LogP contribution in [0.2, 0.25) is 0 Å². The van der Waals surface area contributed by atoms with Crippen LogP contribution in [0.5, 0.6) is 0 Å². The number of carbonyl (C=O) groups excluding carboxylic acids is 2. The Labute approximate surface area is 152 Å². The Bertz CT molecular complexity index is 492. The van der Waals surface area contributed by atoms with Gasteiger partial charge in [-0.3, -0.25) is 14.5 Å². The molecule has 5 heteroatoms. The highest BCUT2D eigenvalue weighted by Crippen LogP contribution is 2.39. The Hall–Kier alpha value is -1.20. The molecule has 0 saturated carbocycles. The van der Waals surface area contributed by atoms with Crippen molar-refractivity contribution in [3.05, 3.63) is 12.2 Å². The molecule has 5 nitrogen and oxygen atoms in total. The van der Waals surface area contributed by atoms with Crippen LogP contribution >= 0.6 is 0 Å². The predicted molar refractivity (Wildman–Crippen MR) is 101 cm³/mol.